The van der Waals surface area contributed by atoms with Crippen LogP contribution in [0.25, 0.3) is 16.6 Å². The molecule has 5 rings (SSSR count). The number of aliphatic hydroxyl groups excluding tert-OH is 1. The molecule has 176 valence electrons. The number of carbonyl (C=O) groups excluding carboxylic acids is 1. The topological polar surface area (TPSA) is 105 Å². The maximum Gasteiger partial charge on any atom is 0.586 e. The standard InChI is InChI=1S/C21H20F2N4O5.ClH/c22-21(23)31-16-10-14-15(11-17(16)32-21)25-18-13(2-1-6-27(18)20(14)30)19(29)24-5-9-26-7-3-12(28)4-8-26;/h1-2,6,10-12,28H,3-5,7-9H2,(H,24,29);1H. The molecule has 0 spiro atoms. The van der Waals surface area contributed by atoms with E-state index in [0.717, 1.165) is 19.2 Å². The molecule has 0 saturated carbocycles. The zero-order valence-corrected chi connectivity index (χ0v) is 18.1. The van der Waals surface area contributed by atoms with Gasteiger partial charge in [0.05, 0.1) is 22.6 Å². The van der Waals surface area contributed by atoms with E-state index in [2.05, 4.69) is 24.7 Å². The molecule has 4 heterocycles. The van der Waals surface area contributed by atoms with Gasteiger partial charge in [-0.2, -0.15) is 0 Å². The third-order valence-corrected chi connectivity index (χ3v) is 5.68. The summed E-state index contributed by atoms with van der Waals surface area (Å²) < 4.78 is 36.8. The molecule has 1 amide bonds. The van der Waals surface area contributed by atoms with Gasteiger partial charge >= 0.3 is 6.29 Å². The average Bonchev–Trinajstić information content (AvgIpc) is 3.06. The average molecular weight is 483 g/mol. The molecule has 0 atom stereocenters. The van der Waals surface area contributed by atoms with Crippen molar-refractivity contribution in [2.45, 2.75) is 25.2 Å². The van der Waals surface area contributed by atoms with E-state index in [9.17, 15) is 23.5 Å². The lowest BCUT2D eigenvalue weighted by atomic mass is 10.1. The van der Waals surface area contributed by atoms with E-state index in [-0.39, 0.29) is 52.1 Å². The Morgan fingerprint density at radius 1 is 1.24 bits per heavy atom. The predicted molar refractivity (Wildman–Crippen MR) is 116 cm³/mol. The Morgan fingerprint density at radius 3 is 2.67 bits per heavy atom. The maximum atomic E-state index is 13.4. The number of aliphatic hydroxyl groups is 1. The quantitative estimate of drug-likeness (QED) is 0.546. The summed E-state index contributed by atoms with van der Waals surface area (Å²) in [4.78, 5) is 32.3. The number of piperidine rings is 1. The first-order valence-electron chi connectivity index (χ1n) is 10.2. The molecule has 2 aliphatic rings. The number of pyridine rings is 1. The largest absolute Gasteiger partial charge is 0.586 e. The molecule has 1 aromatic carbocycles. The zero-order valence-electron chi connectivity index (χ0n) is 17.3. The van der Waals surface area contributed by atoms with Gasteiger partial charge in [-0.15, -0.1) is 21.2 Å². The third-order valence-electron chi connectivity index (χ3n) is 5.68. The van der Waals surface area contributed by atoms with Crippen LogP contribution in [0.5, 0.6) is 11.5 Å². The van der Waals surface area contributed by atoms with Crippen LogP contribution in [0.3, 0.4) is 0 Å². The molecule has 1 saturated heterocycles. The van der Waals surface area contributed by atoms with Crippen LogP contribution < -0.4 is 20.3 Å². The Morgan fingerprint density at radius 2 is 1.94 bits per heavy atom. The van der Waals surface area contributed by atoms with Gasteiger partial charge in [0.1, 0.15) is 0 Å². The molecular weight excluding hydrogens is 462 g/mol. The van der Waals surface area contributed by atoms with E-state index in [4.69, 9.17) is 0 Å². The van der Waals surface area contributed by atoms with Crippen molar-refractivity contribution in [2.24, 2.45) is 0 Å². The highest BCUT2D eigenvalue weighted by Gasteiger charge is 2.43. The number of nitrogens with one attached hydrogen (secondary N) is 1. The zero-order chi connectivity index (χ0) is 22.5. The Balaban J connectivity index is 0.00000259. The number of carbonyl (C=O) groups is 1. The van der Waals surface area contributed by atoms with Gasteiger partial charge < -0.3 is 24.8 Å². The van der Waals surface area contributed by atoms with E-state index in [0.29, 0.717) is 25.9 Å². The molecule has 0 aliphatic carbocycles. The van der Waals surface area contributed by atoms with Crippen LogP contribution in [0.4, 0.5) is 8.78 Å². The van der Waals surface area contributed by atoms with Crippen molar-refractivity contribution in [3.05, 3.63) is 46.4 Å². The number of ether oxygens (including phenoxy) is 2. The van der Waals surface area contributed by atoms with Gasteiger partial charge in [-0.05, 0) is 31.0 Å². The number of nitrogens with zero attached hydrogens (tertiary/aromatic N) is 3. The van der Waals surface area contributed by atoms with Crippen LogP contribution in [-0.2, 0) is 0 Å². The van der Waals surface area contributed by atoms with Crippen LogP contribution in [0.2, 0.25) is 0 Å². The van der Waals surface area contributed by atoms with Crippen LogP contribution >= 0.6 is 12.4 Å². The number of aromatic nitrogens is 2. The minimum Gasteiger partial charge on any atom is -0.395 e. The smallest absolute Gasteiger partial charge is 0.395 e. The third kappa shape index (κ3) is 4.43. The molecule has 0 radical (unpaired) electrons. The fourth-order valence-electron chi connectivity index (χ4n) is 4.01. The van der Waals surface area contributed by atoms with Crippen LogP contribution in [-0.4, -0.2) is 63.9 Å². The van der Waals surface area contributed by atoms with Crippen molar-refractivity contribution >= 4 is 34.9 Å². The van der Waals surface area contributed by atoms with E-state index in [1.54, 1.807) is 12.1 Å². The molecule has 2 aromatic heterocycles. The lowest BCUT2D eigenvalue weighted by molar-refractivity contribution is -0.286. The second kappa shape index (κ2) is 8.73. The van der Waals surface area contributed by atoms with Crippen molar-refractivity contribution in [3.8, 4) is 11.5 Å². The highest BCUT2D eigenvalue weighted by Crippen LogP contribution is 2.42. The monoisotopic (exact) mass is 482 g/mol. The summed E-state index contributed by atoms with van der Waals surface area (Å²) >= 11 is 0. The second-order valence-electron chi connectivity index (χ2n) is 7.84. The number of hydrogen-bond acceptors (Lipinski definition) is 7. The normalized spacial score (nSPS) is 17.8. The molecule has 3 aromatic rings. The summed E-state index contributed by atoms with van der Waals surface area (Å²) in [6.07, 6.45) is -1.20. The van der Waals surface area contributed by atoms with Gasteiger partial charge in [-0.25, -0.2) is 4.98 Å². The summed E-state index contributed by atoms with van der Waals surface area (Å²) in [7, 11) is 0. The predicted octanol–water partition coefficient (Wildman–Crippen LogP) is 1.78. The minimum absolute atomic E-state index is 0. The summed E-state index contributed by atoms with van der Waals surface area (Å²) in [5, 5.41) is 12.5. The Kier molecular flexibility index (Phi) is 6.12. The van der Waals surface area contributed by atoms with E-state index in [1.807, 2.05) is 0 Å². The first-order chi connectivity index (χ1) is 15.3. The minimum atomic E-state index is -3.81. The van der Waals surface area contributed by atoms with Crippen molar-refractivity contribution in [1.82, 2.24) is 19.6 Å². The van der Waals surface area contributed by atoms with Gasteiger partial charge in [0.2, 0.25) is 0 Å². The molecule has 0 bridgehead atoms. The molecule has 9 nitrogen and oxygen atoms in total. The number of fused-ring (bicyclic) bond motifs is 3. The van der Waals surface area contributed by atoms with Gasteiger partial charge in [-0.3, -0.25) is 14.0 Å². The van der Waals surface area contributed by atoms with E-state index in [1.165, 1.54) is 16.7 Å². The summed E-state index contributed by atoms with van der Waals surface area (Å²) in [6, 6.07) is 5.45. The van der Waals surface area contributed by atoms with Gasteiger partial charge in [0.15, 0.2) is 17.1 Å². The van der Waals surface area contributed by atoms with Crippen molar-refractivity contribution in [1.29, 1.82) is 0 Å². The number of likely N-dealkylation sites (tertiary alicyclic amines) is 1. The fraction of sp³-hybridized carbons (Fsp3) is 0.381. The summed E-state index contributed by atoms with van der Waals surface area (Å²) in [5.74, 6) is -0.883. The SMILES string of the molecule is Cl.O=C(NCCN1CCC(O)CC1)c1cccn2c(=O)c3cc4c(cc3nc12)OC(F)(F)O4. The summed E-state index contributed by atoms with van der Waals surface area (Å²) in [6.45, 7) is 2.56. The highest BCUT2D eigenvalue weighted by atomic mass is 35.5. The molecular formula is C21H21ClF2N4O5. The lowest BCUT2D eigenvalue weighted by Gasteiger charge is -2.29. The lowest BCUT2D eigenvalue weighted by Crippen LogP contribution is -2.40. The van der Waals surface area contributed by atoms with Crippen LogP contribution in [0.15, 0.2) is 35.3 Å². The van der Waals surface area contributed by atoms with Crippen molar-refractivity contribution < 1.29 is 28.2 Å². The number of hydrogen-bond donors (Lipinski definition) is 2. The Labute approximate surface area is 192 Å². The second-order valence-corrected chi connectivity index (χ2v) is 7.84. The van der Waals surface area contributed by atoms with Gasteiger partial charge in [-0.1, -0.05) is 0 Å². The molecule has 2 N–H and O–H groups in total. The molecule has 1 fully saturated rings. The number of amides is 1. The van der Waals surface area contributed by atoms with Crippen LogP contribution in [0, 0.1) is 0 Å². The van der Waals surface area contributed by atoms with E-state index < -0.39 is 17.8 Å². The van der Waals surface area contributed by atoms with E-state index >= 15 is 0 Å². The van der Waals surface area contributed by atoms with Gasteiger partial charge in [0.25, 0.3) is 11.5 Å². The Bertz CT molecular complexity index is 1280. The Hall–Kier alpha value is -3.02. The number of alkyl halides is 2. The number of halogens is 3. The fourth-order valence-corrected chi connectivity index (χ4v) is 4.01. The van der Waals surface area contributed by atoms with Crippen LogP contribution in [0.1, 0.15) is 23.2 Å². The number of rotatable bonds is 4. The first kappa shape index (κ1) is 23.1. The molecule has 33 heavy (non-hydrogen) atoms. The molecule has 2 aliphatic heterocycles. The van der Waals surface area contributed by atoms with Crippen molar-refractivity contribution in [2.75, 3.05) is 26.2 Å². The highest BCUT2D eigenvalue weighted by molar-refractivity contribution is 6.00. The van der Waals surface area contributed by atoms with Gasteiger partial charge in [0, 0.05) is 38.4 Å². The first-order valence-corrected chi connectivity index (χ1v) is 10.2. The number of benzene rings is 1. The summed E-state index contributed by atoms with van der Waals surface area (Å²) in [5.41, 5.74) is -0.118. The maximum absolute atomic E-state index is 13.4. The molecule has 12 heteroatoms. The molecule has 0 unspecified atom stereocenters. The van der Waals surface area contributed by atoms with Crippen molar-refractivity contribution in [3.63, 3.8) is 0 Å².